The quantitative estimate of drug-likeness (QED) is 0.524. The van der Waals surface area contributed by atoms with E-state index in [1.54, 1.807) is 0 Å². The van der Waals surface area contributed by atoms with Crippen LogP contribution in [0, 0.1) is 0 Å². The normalized spacial score (nSPS) is 16.7. The SMILES string of the molecule is NC(=O)C1=NC=C(NC(=O)c2n[nH]c3ccc(-c4cncc(CN5CCCCC5)c4)cc23)CC1. The van der Waals surface area contributed by atoms with Gasteiger partial charge in [-0.15, -0.1) is 0 Å². The largest absolute Gasteiger partial charge is 0.365 e. The number of rotatable bonds is 6. The molecule has 4 N–H and O–H groups in total. The second-order valence-corrected chi connectivity index (χ2v) is 8.80. The van der Waals surface area contributed by atoms with Crippen molar-refractivity contribution in [3.8, 4) is 11.1 Å². The van der Waals surface area contributed by atoms with Crippen molar-refractivity contribution in [2.24, 2.45) is 10.7 Å². The minimum absolute atomic E-state index is 0.305. The highest BCUT2D eigenvalue weighted by Gasteiger charge is 2.19. The van der Waals surface area contributed by atoms with E-state index in [1.807, 2.05) is 30.6 Å². The number of aliphatic imine (C=N–C) groups is 1. The Bertz CT molecular complexity index is 1300. The number of pyridine rings is 1. The summed E-state index contributed by atoms with van der Waals surface area (Å²) >= 11 is 0. The first kappa shape index (κ1) is 22.0. The molecule has 0 saturated carbocycles. The summed E-state index contributed by atoms with van der Waals surface area (Å²) in [6.45, 7) is 3.17. The number of hydrogen-bond donors (Lipinski definition) is 3. The van der Waals surface area contributed by atoms with Gasteiger partial charge in [-0.25, -0.2) is 0 Å². The maximum absolute atomic E-state index is 12.9. The molecule has 2 amide bonds. The number of primary amides is 1. The van der Waals surface area contributed by atoms with Gasteiger partial charge >= 0.3 is 0 Å². The van der Waals surface area contributed by atoms with E-state index in [9.17, 15) is 9.59 Å². The summed E-state index contributed by atoms with van der Waals surface area (Å²) in [7, 11) is 0. The van der Waals surface area contributed by atoms with Crippen LogP contribution < -0.4 is 11.1 Å². The van der Waals surface area contributed by atoms with Gasteiger partial charge < -0.3 is 11.1 Å². The molecule has 9 nitrogen and oxygen atoms in total. The number of hydrogen-bond acceptors (Lipinski definition) is 6. The smallest absolute Gasteiger partial charge is 0.276 e. The first-order valence-electron chi connectivity index (χ1n) is 11.6. The average molecular weight is 458 g/mol. The molecule has 5 rings (SSSR count). The number of amides is 2. The van der Waals surface area contributed by atoms with Crippen LogP contribution >= 0.6 is 0 Å². The number of benzene rings is 1. The van der Waals surface area contributed by atoms with Crippen LogP contribution in [-0.4, -0.2) is 50.7 Å². The van der Waals surface area contributed by atoms with E-state index in [4.69, 9.17) is 5.73 Å². The zero-order valence-electron chi connectivity index (χ0n) is 18.9. The average Bonchev–Trinajstić information content (AvgIpc) is 3.29. The number of H-pyrrole nitrogens is 1. The van der Waals surface area contributed by atoms with Crippen molar-refractivity contribution in [3.63, 3.8) is 0 Å². The van der Waals surface area contributed by atoms with E-state index < -0.39 is 5.91 Å². The third-order valence-corrected chi connectivity index (χ3v) is 6.33. The predicted octanol–water partition coefficient (Wildman–Crippen LogP) is 2.90. The fourth-order valence-corrected chi connectivity index (χ4v) is 4.50. The molecule has 0 aliphatic carbocycles. The summed E-state index contributed by atoms with van der Waals surface area (Å²) in [5, 5.41) is 10.7. The lowest BCUT2D eigenvalue weighted by Gasteiger charge is -2.26. The van der Waals surface area contributed by atoms with E-state index in [2.05, 4.69) is 36.5 Å². The molecule has 3 aromatic rings. The zero-order chi connectivity index (χ0) is 23.5. The molecule has 1 fully saturated rings. The summed E-state index contributed by atoms with van der Waals surface area (Å²) in [6.07, 6.45) is 9.95. The Hall–Kier alpha value is -3.85. The van der Waals surface area contributed by atoms with Crippen LogP contribution in [0.1, 0.15) is 48.2 Å². The summed E-state index contributed by atoms with van der Waals surface area (Å²) in [4.78, 5) is 35.2. The molecule has 174 valence electrons. The van der Waals surface area contributed by atoms with Crippen molar-refractivity contribution in [1.29, 1.82) is 0 Å². The van der Waals surface area contributed by atoms with E-state index in [-0.39, 0.29) is 5.91 Å². The second-order valence-electron chi connectivity index (χ2n) is 8.80. The molecule has 2 aromatic heterocycles. The lowest BCUT2D eigenvalue weighted by Crippen LogP contribution is -2.29. The standard InChI is InChI=1S/C25H27N7O2/c26-24(33)22-7-5-19(14-28-22)29-25(34)23-20-11-17(4-6-21(20)30-31-23)18-10-16(12-27-13-18)15-32-8-2-1-3-9-32/h4,6,10-14H,1-3,5,7-9,15H2,(H2,26,33)(H,29,34)(H,30,31). The molecule has 9 heteroatoms. The van der Waals surface area contributed by atoms with E-state index in [1.165, 1.54) is 31.0 Å². The monoisotopic (exact) mass is 457 g/mol. The summed E-state index contributed by atoms with van der Waals surface area (Å²) in [6, 6.07) is 8.07. The van der Waals surface area contributed by atoms with Crippen LogP contribution in [0.5, 0.6) is 0 Å². The lowest BCUT2D eigenvalue weighted by atomic mass is 10.0. The minimum Gasteiger partial charge on any atom is -0.365 e. The van der Waals surface area contributed by atoms with Gasteiger partial charge in [-0.1, -0.05) is 12.5 Å². The highest BCUT2D eigenvalue weighted by atomic mass is 16.2. The number of aromatic amines is 1. The van der Waals surface area contributed by atoms with Crippen molar-refractivity contribution in [2.45, 2.75) is 38.6 Å². The third kappa shape index (κ3) is 4.74. The number of nitrogens with one attached hydrogen (secondary N) is 2. The van der Waals surface area contributed by atoms with Crippen LogP contribution in [-0.2, 0) is 11.3 Å². The number of nitrogens with zero attached hydrogens (tertiary/aromatic N) is 4. The number of fused-ring (bicyclic) bond motifs is 1. The molecule has 1 saturated heterocycles. The van der Waals surface area contributed by atoms with Gasteiger partial charge in [-0.2, -0.15) is 5.10 Å². The number of allylic oxidation sites excluding steroid dienone is 1. The Morgan fingerprint density at radius 1 is 1.06 bits per heavy atom. The summed E-state index contributed by atoms with van der Waals surface area (Å²) in [5.41, 5.74) is 10.4. The third-order valence-electron chi connectivity index (χ3n) is 6.33. The van der Waals surface area contributed by atoms with Crippen molar-refractivity contribution in [2.75, 3.05) is 13.1 Å². The first-order chi connectivity index (χ1) is 16.6. The van der Waals surface area contributed by atoms with Gasteiger partial charge in [0.25, 0.3) is 11.8 Å². The molecule has 2 aliphatic heterocycles. The van der Waals surface area contributed by atoms with E-state index in [0.29, 0.717) is 29.9 Å². The van der Waals surface area contributed by atoms with Crippen LogP contribution in [0.25, 0.3) is 22.0 Å². The van der Waals surface area contributed by atoms with Crippen LogP contribution in [0.3, 0.4) is 0 Å². The number of piperidine rings is 1. The number of likely N-dealkylation sites (tertiary alicyclic amines) is 1. The van der Waals surface area contributed by atoms with Crippen LogP contribution in [0.2, 0.25) is 0 Å². The Balaban J connectivity index is 1.37. The zero-order valence-corrected chi connectivity index (χ0v) is 18.9. The molecule has 0 unspecified atom stereocenters. The number of carbonyl (C=O) groups excluding carboxylic acids is 2. The molecule has 0 radical (unpaired) electrons. The van der Waals surface area contributed by atoms with Gasteiger partial charge in [0.15, 0.2) is 5.69 Å². The van der Waals surface area contributed by atoms with Crippen molar-refractivity contribution in [1.82, 2.24) is 25.4 Å². The van der Waals surface area contributed by atoms with Gasteiger partial charge in [0.2, 0.25) is 0 Å². The maximum atomic E-state index is 12.9. The molecular formula is C25H27N7O2. The fourth-order valence-electron chi connectivity index (χ4n) is 4.50. The van der Waals surface area contributed by atoms with E-state index in [0.717, 1.165) is 41.7 Å². The number of aromatic nitrogens is 3. The highest BCUT2D eigenvalue weighted by molar-refractivity contribution is 6.38. The van der Waals surface area contributed by atoms with Gasteiger partial charge in [0.1, 0.15) is 5.71 Å². The maximum Gasteiger partial charge on any atom is 0.276 e. The molecule has 34 heavy (non-hydrogen) atoms. The number of carbonyl (C=O) groups is 2. The molecular weight excluding hydrogens is 430 g/mol. The summed E-state index contributed by atoms with van der Waals surface area (Å²) in [5.74, 6) is -0.869. The minimum atomic E-state index is -0.540. The van der Waals surface area contributed by atoms with Crippen molar-refractivity contribution < 1.29 is 9.59 Å². The number of nitrogens with two attached hydrogens (primary N) is 1. The van der Waals surface area contributed by atoms with Crippen LogP contribution in [0.4, 0.5) is 0 Å². The lowest BCUT2D eigenvalue weighted by molar-refractivity contribution is -0.112. The fraction of sp³-hybridized carbons (Fsp3) is 0.320. The molecule has 4 heterocycles. The topological polar surface area (TPSA) is 129 Å². The van der Waals surface area contributed by atoms with Crippen molar-refractivity contribution in [3.05, 3.63) is 59.8 Å². The molecule has 1 aromatic carbocycles. The second kappa shape index (κ2) is 9.56. The highest BCUT2D eigenvalue weighted by Crippen LogP contribution is 2.26. The summed E-state index contributed by atoms with van der Waals surface area (Å²) < 4.78 is 0. The predicted molar refractivity (Wildman–Crippen MR) is 130 cm³/mol. The van der Waals surface area contributed by atoms with E-state index >= 15 is 0 Å². The van der Waals surface area contributed by atoms with Gasteiger partial charge in [0.05, 0.1) is 5.52 Å². The molecule has 0 bridgehead atoms. The van der Waals surface area contributed by atoms with Gasteiger partial charge in [0, 0.05) is 48.2 Å². The van der Waals surface area contributed by atoms with Gasteiger partial charge in [-0.05, 0) is 61.7 Å². The Morgan fingerprint density at radius 3 is 2.68 bits per heavy atom. The van der Waals surface area contributed by atoms with Gasteiger partial charge in [-0.3, -0.25) is 29.6 Å². The molecule has 0 atom stereocenters. The Kier molecular flexibility index (Phi) is 6.18. The van der Waals surface area contributed by atoms with Crippen LogP contribution in [0.15, 0.2) is 53.5 Å². The molecule has 2 aliphatic rings. The van der Waals surface area contributed by atoms with Crippen molar-refractivity contribution >= 4 is 28.4 Å². The molecule has 0 spiro atoms. The Labute approximate surface area is 197 Å². The Morgan fingerprint density at radius 2 is 1.91 bits per heavy atom. The first-order valence-corrected chi connectivity index (χ1v) is 11.6.